The van der Waals surface area contributed by atoms with Crippen molar-refractivity contribution in [3.63, 3.8) is 0 Å². The van der Waals surface area contributed by atoms with Crippen molar-refractivity contribution in [3.05, 3.63) is 16.1 Å². The minimum Gasteiger partial charge on any atom is -0.340 e. The van der Waals surface area contributed by atoms with Crippen molar-refractivity contribution in [3.8, 4) is 0 Å². The highest BCUT2D eigenvalue weighted by atomic mass is 35.5. The number of halogens is 3. The molecule has 1 amide bonds. The van der Waals surface area contributed by atoms with Gasteiger partial charge in [0.15, 0.2) is 0 Å². The van der Waals surface area contributed by atoms with E-state index >= 15 is 0 Å². The average molecular weight is 269 g/mol. The zero-order valence-corrected chi connectivity index (χ0v) is 10.2. The van der Waals surface area contributed by atoms with Gasteiger partial charge in [0, 0.05) is 12.4 Å². The molecule has 1 rings (SSSR count). The molecular weight excluding hydrogens is 258 g/mol. The molecule has 1 aromatic rings. The smallest absolute Gasteiger partial charge is 0.255 e. The summed E-state index contributed by atoms with van der Waals surface area (Å²) in [6, 6.07) is 0. The summed E-state index contributed by atoms with van der Waals surface area (Å²) in [6.07, 6.45) is -2.46. The lowest BCUT2D eigenvalue weighted by molar-refractivity contribution is -0.130. The monoisotopic (exact) mass is 268 g/mol. The molecule has 0 atom stereocenters. The molecule has 0 fully saturated rings. The fourth-order valence-electron chi connectivity index (χ4n) is 1.06. The summed E-state index contributed by atoms with van der Waals surface area (Å²) in [5.41, 5.74) is 0.700. The van der Waals surface area contributed by atoms with Crippen molar-refractivity contribution in [1.82, 2.24) is 9.88 Å². The lowest BCUT2D eigenvalue weighted by Crippen LogP contribution is -2.32. The van der Waals surface area contributed by atoms with Gasteiger partial charge in [0.2, 0.25) is 5.91 Å². The summed E-state index contributed by atoms with van der Waals surface area (Å²) in [5, 5.41) is 2.35. The van der Waals surface area contributed by atoms with Crippen LogP contribution in [0.3, 0.4) is 0 Å². The van der Waals surface area contributed by atoms with Crippen molar-refractivity contribution < 1.29 is 13.6 Å². The van der Waals surface area contributed by atoms with Gasteiger partial charge in [-0.1, -0.05) is 0 Å². The largest absolute Gasteiger partial charge is 0.340 e. The number of carbonyl (C=O) groups excluding carboxylic acids is 1. The molecule has 0 spiro atoms. The number of amides is 1. The maximum atomic E-state index is 12.0. The summed E-state index contributed by atoms with van der Waals surface area (Å²) in [6.45, 7) is -0.549. The van der Waals surface area contributed by atoms with E-state index in [1.807, 2.05) is 0 Å². The Morgan fingerprint density at radius 2 is 2.38 bits per heavy atom. The van der Waals surface area contributed by atoms with Crippen LogP contribution < -0.4 is 0 Å². The summed E-state index contributed by atoms with van der Waals surface area (Å²) < 4.78 is 24.0. The highest BCUT2D eigenvalue weighted by molar-refractivity contribution is 7.09. The first kappa shape index (κ1) is 13.3. The zero-order valence-electron chi connectivity index (χ0n) is 8.62. The van der Waals surface area contributed by atoms with E-state index in [9.17, 15) is 13.6 Å². The van der Waals surface area contributed by atoms with E-state index in [4.69, 9.17) is 11.6 Å². The molecule has 0 saturated carbocycles. The van der Waals surface area contributed by atoms with E-state index < -0.39 is 13.0 Å². The Morgan fingerprint density at radius 3 is 2.88 bits per heavy atom. The Labute approximate surface area is 101 Å². The maximum absolute atomic E-state index is 12.0. The van der Waals surface area contributed by atoms with Gasteiger partial charge in [-0.05, 0) is 0 Å². The van der Waals surface area contributed by atoms with Gasteiger partial charge < -0.3 is 4.90 Å². The quantitative estimate of drug-likeness (QED) is 0.767. The molecule has 0 unspecified atom stereocenters. The topological polar surface area (TPSA) is 33.2 Å². The van der Waals surface area contributed by atoms with Gasteiger partial charge in [0.05, 0.1) is 24.5 Å². The minimum atomic E-state index is -2.51. The second-order valence-electron chi connectivity index (χ2n) is 3.21. The molecule has 0 bridgehead atoms. The van der Waals surface area contributed by atoms with E-state index in [1.165, 1.54) is 18.4 Å². The van der Waals surface area contributed by atoms with E-state index in [0.29, 0.717) is 10.7 Å². The number of thiazole rings is 1. The molecule has 3 nitrogen and oxygen atoms in total. The van der Waals surface area contributed by atoms with Crippen LogP contribution in [0.2, 0.25) is 0 Å². The molecule has 0 aliphatic carbocycles. The fourth-order valence-corrected chi connectivity index (χ4v) is 2.08. The van der Waals surface area contributed by atoms with Crippen LogP contribution in [0.25, 0.3) is 0 Å². The van der Waals surface area contributed by atoms with Crippen LogP contribution in [0.4, 0.5) is 8.78 Å². The average Bonchev–Trinajstić information content (AvgIpc) is 2.64. The maximum Gasteiger partial charge on any atom is 0.255 e. The van der Waals surface area contributed by atoms with E-state index in [2.05, 4.69) is 4.98 Å². The van der Waals surface area contributed by atoms with Gasteiger partial charge >= 0.3 is 0 Å². The van der Waals surface area contributed by atoms with Gasteiger partial charge in [0.25, 0.3) is 6.43 Å². The lowest BCUT2D eigenvalue weighted by Gasteiger charge is -2.15. The summed E-state index contributed by atoms with van der Waals surface area (Å²) in [5.74, 6) is -0.0758. The van der Waals surface area contributed by atoms with Crippen LogP contribution in [0.1, 0.15) is 10.7 Å². The highest BCUT2D eigenvalue weighted by Gasteiger charge is 2.15. The second-order valence-corrected chi connectivity index (χ2v) is 4.42. The molecule has 1 heterocycles. The molecular formula is C9H11ClF2N2OS. The molecule has 90 valence electrons. The first-order chi connectivity index (χ1) is 7.52. The fraction of sp³-hybridized carbons (Fsp3) is 0.556. The van der Waals surface area contributed by atoms with Crippen molar-refractivity contribution >= 4 is 28.8 Å². The SMILES string of the molecule is CN(CC(F)F)C(=O)Cc1nc(CCl)cs1. The summed E-state index contributed by atoms with van der Waals surface area (Å²) in [4.78, 5) is 16.6. The number of nitrogens with zero attached hydrogens (tertiary/aromatic N) is 2. The molecule has 16 heavy (non-hydrogen) atoms. The van der Waals surface area contributed by atoms with E-state index in [0.717, 1.165) is 4.90 Å². The van der Waals surface area contributed by atoms with E-state index in [-0.39, 0.29) is 18.2 Å². The third-order valence-corrected chi connectivity index (χ3v) is 3.05. The number of alkyl halides is 3. The molecule has 0 radical (unpaired) electrons. The third kappa shape index (κ3) is 4.02. The number of carbonyl (C=O) groups is 1. The molecule has 1 aromatic heterocycles. The first-order valence-corrected chi connectivity index (χ1v) is 5.95. The van der Waals surface area contributed by atoms with Crippen LogP contribution in [-0.2, 0) is 17.1 Å². The standard InChI is InChI=1S/C9H11ClF2N2OS/c1-14(4-7(11)12)9(15)2-8-13-6(3-10)5-16-8/h5,7H,2-4H2,1H3. The molecule has 0 saturated heterocycles. The lowest BCUT2D eigenvalue weighted by atomic mass is 10.4. The van der Waals surface area contributed by atoms with Gasteiger partial charge in [-0.25, -0.2) is 13.8 Å². The predicted molar refractivity (Wildman–Crippen MR) is 59.0 cm³/mol. The Kier molecular flexibility index (Phi) is 5.08. The van der Waals surface area contributed by atoms with Gasteiger partial charge in [-0.15, -0.1) is 22.9 Å². The van der Waals surface area contributed by atoms with Crippen LogP contribution in [0.15, 0.2) is 5.38 Å². The number of hydrogen-bond acceptors (Lipinski definition) is 3. The number of rotatable bonds is 5. The van der Waals surface area contributed by atoms with Crippen molar-refractivity contribution in [1.29, 1.82) is 0 Å². The number of hydrogen-bond donors (Lipinski definition) is 0. The minimum absolute atomic E-state index is 0.0464. The molecule has 0 aliphatic rings. The van der Waals surface area contributed by atoms with E-state index in [1.54, 1.807) is 5.38 Å². The number of aromatic nitrogens is 1. The Morgan fingerprint density at radius 1 is 1.69 bits per heavy atom. The normalized spacial score (nSPS) is 10.8. The summed E-state index contributed by atoms with van der Waals surface area (Å²) in [7, 11) is 1.35. The zero-order chi connectivity index (χ0) is 12.1. The van der Waals surface area contributed by atoms with Crippen LogP contribution in [-0.4, -0.2) is 35.8 Å². The van der Waals surface area contributed by atoms with Gasteiger partial charge in [0.1, 0.15) is 5.01 Å². The second kappa shape index (κ2) is 6.10. The van der Waals surface area contributed by atoms with Crippen LogP contribution in [0.5, 0.6) is 0 Å². The highest BCUT2D eigenvalue weighted by Crippen LogP contribution is 2.13. The predicted octanol–water partition coefficient (Wildman–Crippen LogP) is 2.15. The number of likely N-dealkylation sites (N-methyl/N-ethyl adjacent to an activating group) is 1. The first-order valence-electron chi connectivity index (χ1n) is 4.54. The van der Waals surface area contributed by atoms with Crippen molar-refractivity contribution in [2.24, 2.45) is 0 Å². The van der Waals surface area contributed by atoms with Gasteiger partial charge in [-0.3, -0.25) is 4.79 Å². The molecule has 0 N–H and O–H groups in total. The van der Waals surface area contributed by atoms with Crippen molar-refractivity contribution in [2.75, 3.05) is 13.6 Å². The Bertz CT molecular complexity index is 359. The molecule has 0 aliphatic heterocycles. The third-order valence-electron chi connectivity index (χ3n) is 1.88. The summed E-state index contributed by atoms with van der Waals surface area (Å²) >= 11 is 6.87. The van der Waals surface area contributed by atoms with Gasteiger partial charge in [-0.2, -0.15) is 0 Å². The molecule has 0 aromatic carbocycles. The Hall–Kier alpha value is -0.750. The molecule has 7 heteroatoms. The Balaban J connectivity index is 2.50. The van der Waals surface area contributed by atoms with Crippen LogP contribution >= 0.6 is 22.9 Å². The van der Waals surface area contributed by atoms with Crippen LogP contribution in [0, 0.1) is 0 Å². The van der Waals surface area contributed by atoms with Crippen molar-refractivity contribution in [2.45, 2.75) is 18.7 Å².